The lowest BCUT2D eigenvalue weighted by atomic mass is 10.1. The molecule has 0 unspecified atom stereocenters. The number of rotatable bonds is 6. The number of hydrogen-bond donors (Lipinski definition) is 3. The molecule has 0 aliphatic carbocycles. The van der Waals surface area contributed by atoms with Crippen LogP contribution in [0.1, 0.15) is 11.3 Å². The van der Waals surface area contributed by atoms with Crippen molar-refractivity contribution in [3.63, 3.8) is 0 Å². The number of amides is 3. The van der Waals surface area contributed by atoms with Crippen LogP contribution in [0.5, 0.6) is 5.75 Å². The molecule has 0 radical (unpaired) electrons. The number of carbonyl (C=O) groups is 3. The number of nitrogens with zero attached hydrogens (tertiary/aromatic N) is 1. The highest BCUT2D eigenvalue weighted by Crippen LogP contribution is 2.36. The third kappa shape index (κ3) is 4.50. The smallest absolute Gasteiger partial charge is 0.262 e. The van der Waals surface area contributed by atoms with Crippen molar-refractivity contribution in [2.75, 3.05) is 23.8 Å². The molecule has 1 aromatic heterocycles. The van der Waals surface area contributed by atoms with E-state index in [1.54, 1.807) is 12.1 Å². The molecule has 1 aliphatic rings. The molecule has 0 fully saturated rings. The highest BCUT2D eigenvalue weighted by Gasteiger charge is 2.18. The van der Waals surface area contributed by atoms with Gasteiger partial charge in [0.15, 0.2) is 11.7 Å². The Hall–Kier alpha value is -3.20. The van der Waals surface area contributed by atoms with Crippen molar-refractivity contribution < 1.29 is 19.1 Å². The van der Waals surface area contributed by atoms with Crippen molar-refractivity contribution in [2.24, 2.45) is 0 Å². The van der Waals surface area contributed by atoms with Gasteiger partial charge in [0.1, 0.15) is 5.75 Å². The van der Waals surface area contributed by atoms with E-state index in [1.165, 1.54) is 11.3 Å². The van der Waals surface area contributed by atoms with Gasteiger partial charge in [0.2, 0.25) is 11.8 Å². The second-order valence-electron chi connectivity index (χ2n) is 5.76. The SMILES string of the molecule is C=CC(=O)NCCC(=O)Nc1nc(-c2ccc3c(c2)NC(=O)CO3)c(C)s1. The van der Waals surface area contributed by atoms with Gasteiger partial charge in [-0.1, -0.05) is 6.58 Å². The summed E-state index contributed by atoms with van der Waals surface area (Å²) in [6.45, 7) is 5.48. The summed E-state index contributed by atoms with van der Waals surface area (Å²) in [5.74, 6) is -0.156. The number of benzene rings is 1. The molecular formula is C18H18N4O4S. The quantitative estimate of drug-likeness (QED) is 0.659. The number of aromatic nitrogens is 1. The Morgan fingerprint density at radius 3 is 3.04 bits per heavy atom. The van der Waals surface area contributed by atoms with Crippen molar-refractivity contribution in [1.82, 2.24) is 10.3 Å². The van der Waals surface area contributed by atoms with Crippen LogP contribution < -0.4 is 20.7 Å². The summed E-state index contributed by atoms with van der Waals surface area (Å²) in [5.41, 5.74) is 2.13. The number of carbonyl (C=O) groups excluding carboxylic acids is 3. The first-order valence-corrected chi connectivity index (χ1v) is 9.02. The lowest BCUT2D eigenvalue weighted by Gasteiger charge is -2.18. The summed E-state index contributed by atoms with van der Waals surface area (Å²) in [4.78, 5) is 39.9. The first-order chi connectivity index (χ1) is 13.0. The summed E-state index contributed by atoms with van der Waals surface area (Å²) in [6.07, 6.45) is 1.29. The monoisotopic (exact) mass is 386 g/mol. The number of hydrogen-bond acceptors (Lipinski definition) is 6. The Morgan fingerprint density at radius 2 is 2.26 bits per heavy atom. The second kappa shape index (κ2) is 8.00. The molecule has 1 aromatic carbocycles. The topological polar surface area (TPSA) is 109 Å². The Kier molecular flexibility index (Phi) is 5.51. The predicted molar refractivity (Wildman–Crippen MR) is 103 cm³/mol. The molecule has 3 rings (SSSR count). The minimum atomic E-state index is -0.321. The highest BCUT2D eigenvalue weighted by atomic mass is 32.1. The van der Waals surface area contributed by atoms with Crippen LogP contribution in [-0.4, -0.2) is 35.9 Å². The van der Waals surface area contributed by atoms with E-state index in [-0.39, 0.29) is 37.3 Å². The number of aryl methyl sites for hydroxylation is 1. The normalized spacial score (nSPS) is 12.4. The standard InChI is InChI=1S/C18H18N4O4S/c1-3-14(23)19-7-6-15(24)21-18-22-17(10(2)27-18)11-4-5-13-12(8-11)20-16(25)9-26-13/h3-5,8H,1,6-7,9H2,2H3,(H,19,23)(H,20,25)(H,21,22,24). The average Bonchev–Trinajstić information content (AvgIpc) is 3.00. The molecule has 0 bridgehead atoms. The third-order valence-corrected chi connectivity index (χ3v) is 4.65. The van der Waals surface area contributed by atoms with E-state index >= 15 is 0 Å². The fourth-order valence-corrected chi connectivity index (χ4v) is 3.35. The molecule has 0 saturated carbocycles. The Balaban J connectivity index is 1.69. The summed E-state index contributed by atoms with van der Waals surface area (Å²) in [6, 6.07) is 5.43. The fourth-order valence-electron chi connectivity index (χ4n) is 2.50. The van der Waals surface area contributed by atoms with Crippen LogP contribution in [0.3, 0.4) is 0 Å². The lowest BCUT2D eigenvalue weighted by molar-refractivity contribution is -0.119. The van der Waals surface area contributed by atoms with Crippen LogP contribution in [0.15, 0.2) is 30.9 Å². The molecule has 3 amide bonds. The third-order valence-electron chi connectivity index (χ3n) is 3.77. The van der Waals surface area contributed by atoms with Gasteiger partial charge in [-0.3, -0.25) is 14.4 Å². The molecular weight excluding hydrogens is 368 g/mol. The predicted octanol–water partition coefficient (Wildman–Crippen LogP) is 2.08. The molecule has 140 valence electrons. The summed E-state index contributed by atoms with van der Waals surface area (Å²) in [7, 11) is 0. The van der Waals surface area contributed by atoms with Gasteiger partial charge < -0.3 is 20.7 Å². The van der Waals surface area contributed by atoms with Crippen LogP contribution >= 0.6 is 11.3 Å². The van der Waals surface area contributed by atoms with Gasteiger partial charge in [0, 0.05) is 23.4 Å². The number of nitrogens with one attached hydrogen (secondary N) is 3. The zero-order valence-electron chi connectivity index (χ0n) is 14.6. The Morgan fingerprint density at radius 1 is 1.44 bits per heavy atom. The minimum Gasteiger partial charge on any atom is -0.482 e. The Labute approximate surface area is 159 Å². The van der Waals surface area contributed by atoms with E-state index in [2.05, 4.69) is 27.5 Å². The van der Waals surface area contributed by atoms with E-state index in [9.17, 15) is 14.4 Å². The first-order valence-electron chi connectivity index (χ1n) is 8.21. The second-order valence-corrected chi connectivity index (χ2v) is 6.97. The molecule has 0 saturated heterocycles. The summed E-state index contributed by atoms with van der Waals surface area (Å²) < 4.78 is 5.35. The van der Waals surface area contributed by atoms with Crippen LogP contribution in [-0.2, 0) is 14.4 Å². The van der Waals surface area contributed by atoms with Crippen LogP contribution in [0.4, 0.5) is 10.8 Å². The van der Waals surface area contributed by atoms with Crippen molar-refractivity contribution in [2.45, 2.75) is 13.3 Å². The van der Waals surface area contributed by atoms with Crippen LogP contribution in [0, 0.1) is 6.92 Å². The van der Waals surface area contributed by atoms with Crippen LogP contribution in [0.2, 0.25) is 0 Å². The molecule has 0 atom stereocenters. The molecule has 3 N–H and O–H groups in total. The van der Waals surface area contributed by atoms with Gasteiger partial charge in [-0.15, -0.1) is 11.3 Å². The van der Waals surface area contributed by atoms with E-state index in [1.807, 2.05) is 13.0 Å². The first kappa shape index (κ1) is 18.6. The average molecular weight is 386 g/mol. The maximum atomic E-state index is 12.0. The number of fused-ring (bicyclic) bond motifs is 1. The summed E-state index contributed by atoms with van der Waals surface area (Å²) >= 11 is 1.35. The Bertz CT molecular complexity index is 922. The highest BCUT2D eigenvalue weighted by molar-refractivity contribution is 7.16. The molecule has 9 heteroatoms. The molecule has 2 aromatic rings. The lowest BCUT2D eigenvalue weighted by Crippen LogP contribution is -2.25. The van der Waals surface area contributed by atoms with Crippen molar-refractivity contribution in [3.8, 4) is 17.0 Å². The van der Waals surface area contributed by atoms with Gasteiger partial charge in [0.05, 0.1) is 11.4 Å². The van der Waals surface area contributed by atoms with Crippen molar-refractivity contribution in [3.05, 3.63) is 35.7 Å². The van der Waals surface area contributed by atoms with E-state index in [0.717, 1.165) is 22.2 Å². The number of anilines is 2. The molecule has 2 heterocycles. The van der Waals surface area contributed by atoms with Gasteiger partial charge in [-0.2, -0.15) is 0 Å². The maximum Gasteiger partial charge on any atom is 0.262 e. The summed E-state index contributed by atoms with van der Waals surface area (Å²) in [5, 5.41) is 8.51. The van der Waals surface area contributed by atoms with Crippen LogP contribution in [0.25, 0.3) is 11.3 Å². The number of ether oxygens (including phenoxy) is 1. The zero-order valence-corrected chi connectivity index (χ0v) is 15.4. The van der Waals surface area contributed by atoms with Crippen molar-refractivity contribution in [1.29, 1.82) is 0 Å². The van der Waals surface area contributed by atoms with E-state index in [4.69, 9.17) is 4.74 Å². The van der Waals surface area contributed by atoms with E-state index < -0.39 is 0 Å². The van der Waals surface area contributed by atoms with Gasteiger partial charge >= 0.3 is 0 Å². The molecule has 8 nitrogen and oxygen atoms in total. The van der Waals surface area contributed by atoms with Crippen molar-refractivity contribution >= 4 is 39.9 Å². The van der Waals surface area contributed by atoms with Gasteiger partial charge in [0.25, 0.3) is 5.91 Å². The molecule has 27 heavy (non-hydrogen) atoms. The minimum absolute atomic E-state index is 0.00547. The molecule has 0 spiro atoms. The fraction of sp³-hybridized carbons (Fsp3) is 0.222. The van der Waals surface area contributed by atoms with Gasteiger partial charge in [-0.25, -0.2) is 4.98 Å². The van der Waals surface area contributed by atoms with E-state index in [0.29, 0.717) is 16.6 Å². The zero-order chi connectivity index (χ0) is 19.4. The largest absolute Gasteiger partial charge is 0.482 e. The van der Waals surface area contributed by atoms with Gasteiger partial charge in [-0.05, 0) is 31.2 Å². The molecule has 1 aliphatic heterocycles. The number of thiazole rings is 1. The maximum absolute atomic E-state index is 12.0.